The molecule has 2 aromatic heterocycles. The molecule has 0 spiro atoms. The zero-order valence-corrected chi connectivity index (χ0v) is 9.20. The first kappa shape index (κ1) is 9.97. The topological polar surface area (TPSA) is 28.7 Å². The Kier molecular flexibility index (Phi) is 2.86. The molecule has 2 rings (SSSR count). The Labute approximate surface area is 90.4 Å². The summed E-state index contributed by atoms with van der Waals surface area (Å²) in [6.45, 7) is 4.45. The third-order valence-corrected chi connectivity index (χ3v) is 2.35. The van der Waals surface area contributed by atoms with Crippen LogP contribution in [0, 0.1) is 5.92 Å². The molecule has 2 heterocycles. The average Bonchev–Trinajstić information content (AvgIpc) is 2.69. The largest absolute Gasteiger partial charge is 0.361 e. The number of nitrogens with one attached hydrogen (secondary N) is 1. The van der Waals surface area contributed by atoms with E-state index in [1.807, 2.05) is 24.7 Å². The van der Waals surface area contributed by atoms with Crippen molar-refractivity contribution in [1.29, 1.82) is 0 Å². The molecule has 78 valence electrons. The van der Waals surface area contributed by atoms with Gasteiger partial charge in [-0.3, -0.25) is 4.98 Å². The van der Waals surface area contributed by atoms with Crippen LogP contribution in [0.2, 0.25) is 0 Å². The molecule has 0 atom stereocenters. The number of aromatic nitrogens is 2. The van der Waals surface area contributed by atoms with E-state index >= 15 is 0 Å². The third kappa shape index (κ3) is 2.46. The van der Waals surface area contributed by atoms with Gasteiger partial charge in [0.2, 0.25) is 0 Å². The van der Waals surface area contributed by atoms with Gasteiger partial charge in [0.25, 0.3) is 0 Å². The fourth-order valence-electron chi connectivity index (χ4n) is 1.73. The monoisotopic (exact) mass is 200 g/mol. The van der Waals surface area contributed by atoms with E-state index in [-0.39, 0.29) is 0 Å². The van der Waals surface area contributed by atoms with Crippen molar-refractivity contribution >= 4 is 0 Å². The minimum atomic E-state index is 0.672. The summed E-state index contributed by atoms with van der Waals surface area (Å²) in [4.78, 5) is 7.47. The number of nitrogens with zero attached hydrogens (tertiary/aromatic N) is 1. The molecule has 0 aliphatic carbocycles. The highest BCUT2D eigenvalue weighted by molar-refractivity contribution is 5.58. The molecule has 0 saturated carbocycles. The van der Waals surface area contributed by atoms with Gasteiger partial charge in [-0.05, 0) is 36.1 Å². The van der Waals surface area contributed by atoms with Gasteiger partial charge in [-0.25, -0.2) is 0 Å². The summed E-state index contributed by atoms with van der Waals surface area (Å²) in [6.07, 6.45) is 6.87. The number of H-pyrrole nitrogens is 1. The summed E-state index contributed by atoms with van der Waals surface area (Å²) in [5.41, 5.74) is 3.60. The average molecular weight is 200 g/mol. The number of hydrogen-bond donors (Lipinski definition) is 1. The maximum Gasteiger partial charge on any atom is 0.0469 e. The van der Waals surface area contributed by atoms with Gasteiger partial charge in [-0.2, -0.15) is 0 Å². The summed E-state index contributed by atoms with van der Waals surface area (Å²) in [5.74, 6) is 0.672. The Morgan fingerprint density at radius 1 is 1.33 bits per heavy atom. The predicted octanol–water partition coefficient (Wildman–Crippen LogP) is 3.28. The van der Waals surface area contributed by atoms with Crippen molar-refractivity contribution in [2.75, 3.05) is 0 Å². The van der Waals surface area contributed by atoms with E-state index in [0.717, 1.165) is 17.7 Å². The lowest BCUT2D eigenvalue weighted by Gasteiger charge is -2.05. The molecular weight excluding hydrogens is 184 g/mol. The molecule has 0 fully saturated rings. The maximum atomic E-state index is 4.27. The Morgan fingerprint density at radius 2 is 2.20 bits per heavy atom. The summed E-state index contributed by atoms with van der Waals surface area (Å²) in [7, 11) is 0. The summed E-state index contributed by atoms with van der Waals surface area (Å²) in [5, 5.41) is 0. The third-order valence-electron chi connectivity index (χ3n) is 2.35. The Balaban J connectivity index is 2.27. The molecule has 0 radical (unpaired) electrons. The van der Waals surface area contributed by atoms with E-state index in [2.05, 4.69) is 35.9 Å². The van der Waals surface area contributed by atoms with Crippen LogP contribution in [-0.4, -0.2) is 9.97 Å². The van der Waals surface area contributed by atoms with Crippen LogP contribution < -0.4 is 0 Å². The standard InChI is InChI=1S/C13H16N2/c1-10(2)6-11-7-12(9-14-8-11)13-4-3-5-15-13/h3-5,7-10,15H,6H2,1-2H3. The highest BCUT2D eigenvalue weighted by Gasteiger charge is 2.02. The second kappa shape index (κ2) is 4.30. The highest BCUT2D eigenvalue weighted by atomic mass is 14.7. The summed E-state index contributed by atoms with van der Waals surface area (Å²) in [6, 6.07) is 6.28. The van der Waals surface area contributed by atoms with Gasteiger partial charge >= 0.3 is 0 Å². The fraction of sp³-hybridized carbons (Fsp3) is 0.308. The molecule has 0 saturated heterocycles. The van der Waals surface area contributed by atoms with Crippen LogP contribution in [0.3, 0.4) is 0 Å². The number of rotatable bonds is 3. The Bertz CT molecular complexity index is 416. The van der Waals surface area contributed by atoms with Crippen LogP contribution in [-0.2, 0) is 6.42 Å². The minimum Gasteiger partial charge on any atom is -0.361 e. The molecule has 1 N–H and O–H groups in total. The van der Waals surface area contributed by atoms with Crippen molar-refractivity contribution < 1.29 is 0 Å². The normalized spacial score (nSPS) is 10.9. The van der Waals surface area contributed by atoms with Crippen LogP contribution in [0.1, 0.15) is 19.4 Å². The lowest BCUT2D eigenvalue weighted by molar-refractivity contribution is 0.646. The predicted molar refractivity (Wildman–Crippen MR) is 62.6 cm³/mol. The molecule has 0 aliphatic heterocycles. The summed E-state index contributed by atoms with van der Waals surface area (Å²) < 4.78 is 0. The quantitative estimate of drug-likeness (QED) is 0.809. The van der Waals surface area contributed by atoms with Gasteiger partial charge in [0.1, 0.15) is 0 Å². The van der Waals surface area contributed by atoms with Gasteiger partial charge in [-0.15, -0.1) is 0 Å². The van der Waals surface area contributed by atoms with Crippen molar-refractivity contribution in [3.63, 3.8) is 0 Å². The van der Waals surface area contributed by atoms with Crippen molar-refractivity contribution in [1.82, 2.24) is 9.97 Å². The highest BCUT2D eigenvalue weighted by Crippen LogP contribution is 2.18. The first-order valence-electron chi connectivity index (χ1n) is 5.33. The SMILES string of the molecule is CC(C)Cc1cncc(-c2ccc[nH]2)c1. The second-order valence-electron chi connectivity index (χ2n) is 4.26. The first-order valence-corrected chi connectivity index (χ1v) is 5.33. The molecule has 0 amide bonds. The van der Waals surface area contributed by atoms with Gasteiger partial charge in [0.15, 0.2) is 0 Å². The van der Waals surface area contributed by atoms with E-state index in [4.69, 9.17) is 0 Å². The van der Waals surface area contributed by atoms with Crippen LogP contribution in [0.25, 0.3) is 11.3 Å². The van der Waals surface area contributed by atoms with E-state index in [0.29, 0.717) is 5.92 Å². The van der Waals surface area contributed by atoms with Gasteiger partial charge in [-0.1, -0.05) is 13.8 Å². The maximum absolute atomic E-state index is 4.27. The van der Waals surface area contributed by atoms with Crippen LogP contribution >= 0.6 is 0 Å². The van der Waals surface area contributed by atoms with E-state index in [1.54, 1.807) is 0 Å². The number of hydrogen-bond acceptors (Lipinski definition) is 1. The van der Waals surface area contributed by atoms with Crippen molar-refractivity contribution in [3.8, 4) is 11.3 Å². The van der Waals surface area contributed by atoms with Crippen LogP contribution in [0.15, 0.2) is 36.8 Å². The van der Waals surface area contributed by atoms with Gasteiger partial charge in [0, 0.05) is 29.8 Å². The van der Waals surface area contributed by atoms with Gasteiger partial charge in [0.05, 0.1) is 0 Å². The molecule has 0 aliphatic rings. The van der Waals surface area contributed by atoms with E-state index in [9.17, 15) is 0 Å². The van der Waals surface area contributed by atoms with Crippen molar-refractivity contribution in [2.24, 2.45) is 5.92 Å². The van der Waals surface area contributed by atoms with E-state index < -0.39 is 0 Å². The van der Waals surface area contributed by atoms with Crippen LogP contribution in [0.4, 0.5) is 0 Å². The second-order valence-corrected chi connectivity index (χ2v) is 4.26. The molecular formula is C13H16N2. The smallest absolute Gasteiger partial charge is 0.0469 e. The van der Waals surface area contributed by atoms with Gasteiger partial charge < -0.3 is 4.98 Å². The lowest BCUT2D eigenvalue weighted by Crippen LogP contribution is -1.95. The number of pyridine rings is 1. The number of aromatic amines is 1. The zero-order chi connectivity index (χ0) is 10.7. The molecule has 0 unspecified atom stereocenters. The molecule has 2 aromatic rings. The first-order chi connectivity index (χ1) is 7.25. The summed E-state index contributed by atoms with van der Waals surface area (Å²) >= 11 is 0. The fourth-order valence-corrected chi connectivity index (χ4v) is 1.73. The van der Waals surface area contributed by atoms with Crippen molar-refractivity contribution in [3.05, 3.63) is 42.4 Å². The molecule has 15 heavy (non-hydrogen) atoms. The van der Waals surface area contributed by atoms with Crippen molar-refractivity contribution in [2.45, 2.75) is 20.3 Å². The minimum absolute atomic E-state index is 0.672. The molecule has 2 nitrogen and oxygen atoms in total. The zero-order valence-electron chi connectivity index (χ0n) is 9.20. The molecule has 0 bridgehead atoms. The Morgan fingerprint density at radius 3 is 2.87 bits per heavy atom. The molecule has 2 heteroatoms. The van der Waals surface area contributed by atoms with Crippen LogP contribution in [0.5, 0.6) is 0 Å². The van der Waals surface area contributed by atoms with E-state index in [1.165, 1.54) is 5.56 Å². The molecule has 0 aromatic carbocycles. The Hall–Kier alpha value is -1.57. The lowest BCUT2D eigenvalue weighted by atomic mass is 10.0.